The Morgan fingerprint density at radius 1 is 1.26 bits per heavy atom. The molecule has 3 heterocycles. The number of rotatable bonds is 3. The number of aryl methyl sites for hydroxylation is 1. The Morgan fingerprint density at radius 3 is 2.95 bits per heavy atom. The van der Waals surface area contributed by atoms with Gasteiger partial charge in [-0.1, -0.05) is 0 Å². The van der Waals surface area contributed by atoms with Gasteiger partial charge in [0.2, 0.25) is 5.95 Å². The topological polar surface area (TPSA) is 89.6 Å². The van der Waals surface area contributed by atoms with E-state index in [1.807, 2.05) is 24.4 Å². The van der Waals surface area contributed by atoms with Crippen LogP contribution in [0.5, 0.6) is 0 Å². The van der Waals surface area contributed by atoms with Crippen LogP contribution in [0.2, 0.25) is 0 Å². The van der Waals surface area contributed by atoms with Crippen LogP contribution in [-0.4, -0.2) is 19.9 Å². The van der Waals surface area contributed by atoms with Gasteiger partial charge < -0.3 is 0 Å². The number of nitrogens with zero attached hydrogens (tertiary/aromatic N) is 4. The Balaban J connectivity index is 2.06. The van der Waals surface area contributed by atoms with Gasteiger partial charge in [0.25, 0.3) is 0 Å². The molecule has 3 N–H and O–H groups in total. The molecule has 0 aliphatic heterocycles. The molecule has 0 amide bonds. The summed E-state index contributed by atoms with van der Waals surface area (Å²) in [5, 5.41) is 4.42. The van der Waals surface area contributed by atoms with Crippen molar-refractivity contribution in [3.8, 4) is 0 Å². The second-order valence-corrected chi connectivity index (χ2v) is 5.57. The lowest BCUT2D eigenvalue weighted by Gasteiger charge is -2.04. The molecule has 0 aliphatic rings. The zero-order chi connectivity index (χ0) is 13.2. The fraction of sp³-hybridized carbons (Fsp3) is 0.0909. The van der Waals surface area contributed by atoms with E-state index in [0.717, 1.165) is 20.9 Å². The minimum atomic E-state index is 0.394. The number of hydrazine groups is 1. The number of nitrogens with two attached hydrogens (primary N) is 1. The maximum atomic E-state index is 5.39. The summed E-state index contributed by atoms with van der Waals surface area (Å²) < 4.78 is 0. The highest BCUT2D eigenvalue weighted by atomic mass is 32.2. The Morgan fingerprint density at radius 2 is 2.16 bits per heavy atom. The normalized spacial score (nSPS) is 10.8. The summed E-state index contributed by atoms with van der Waals surface area (Å²) in [4.78, 5) is 18.1. The molecule has 3 aromatic rings. The molecule has 0 radical (unpaired) electrons. The van der Waals surface area contributed by atoms with E-state index in [4.69, 9.17) is 5.84 Å². The third kappa shape index (κ3) is 2.50. The third-order valence-corrected chi connectivity index (χ3v) is 4.07. The predicted octanol–water partition coefficient (Wildman–Crippen LogP) is 2.23. The van der Waals surface area contributed by atoms with Crippen molar-refractivity contribution in [2.24, 2.45) is 5.84 Å². The van der Waals surface area contributed by atoms with Gasteiger partial charge >= 0.3 is 0 Å². The zero-order valence-corrected chi connectivity index (χ0v) is 11.6. The lowest BCUT2D eigenvalue weighted by molar-refractivity contribution is 0.928. The van der Waals surface area contributed by atoms with Crippen LogP contribution in [0.25, 0.3) is 10.2 Å². The van der Waals surface area contributed by atoms with Gasteiger partial charge in [-0.15, -0.1) is 11.3 Å². The minimum Gasteiger partial charge on any atom is -0.292 e. The molecule has 0 unspecified atom stereocenters. The standard InChI is InChI=1S/C11H10N6S2/c1-6-2-4-13-11(14-6)19-9-7-3-5-18-8(7)15-10(16-9)17-12/h2-5H,12H2,1H3,(H,15,16,17). The SMILES string of the molecule is Cc1ccnc(Sc2nc(NN)nc3sccc23)n1. The zero-order valence-electron chi connectivity index (χ0n) is 9.99. The molecular weight excluding hydrogens is 280 g/mol. The molecule has 96 valence electrons. The van der Waals surface area contributed by atoms with Gasteiger partial charge in [0.05, 0.1) is 0 Å². The van der Waals surface area contributed by atoms with E-state index in [-0.39, 0.29) is 0 Å². The van der Waals surface area contributed by atoms with Crippen LogP contribution in [0.15, 0.2) is 33.9 Å². The highest BCUT2D eigenvalue weighted by Gasteiger charge is 2.11. The number of fused-ring (bicyclic) bond motifs is 1. The van der Waals surface area contributed by atoms with E-state index in [1.165, 1.54) is 11.8 Å². The molecule has 3 aromatic heterocycles. The summed E-state index contributed by atoms with van der Waals surface area (Å²) in [6.07, 6.45) is 1.73. The van der Waals surface area contributed by atoms with Crippen molar-refractivity contribution in [1.82, 2.24) is 19.9 Å². The van der Waals surface area contributed by atoms with Gasteiger partial charge in [0.15, 0.2) is 5.16 Å². The van der Waals surface area contributed by atoms with Gasteiger partial charge in [-0.3, -0.25) is 5.43 Å². The van der Waals surface area contributed by atoms with E-state index in [1.54, 1.807) is 17.5 Å². The monoisotopic (exact) mass is 290 g/mol. The molecule has 0 saturated carbocycles. The minimum absolute atomic E-state index is 0.394. The number of anilines is 1. The largest absolute Gasteiger partial charge is 0.292 e. The molecule has 0 saturated heterocycles. The first-order valence-corrected chi connectivity index (χ1v) is 7.15. The fourth-order valence-electron chi connectivity index (χ4n) is 1.53. The smallest absolute Gasteiger partial charge is 0.239 e. The first kappa shape index (κ1) is 12.3. The van der Waals surface area contributed by atoms with Gasteiger partial charge in [-0.05, 0) is 36.2 Å². The first-order valence-electron chi connectivity index (χ1n) is 5.45. The molecule has 19 heavy (non-hydrogen) atoms. The van der Waals surface area contributed by atoms with Crippen LogP contribution < -0.4 is 11.3 Å². The lowest BCUT2D eigenvalue weighted by atomic mass is 10.4. The van der Waals surface area contributed by atoms with Crippen molar-refractivity contribution in [2.75, 3.05) is 5.43 Å². The molecular formula is C11H10N6S2. The molecule has 0 atom stereocenters. The molecule has 3 rings (SSSR count). The highest BCUT2D eigenvalue weighted by molar-refractivity contribution is 7.99. The Labute approximate surface area is 117 Å². The van der Waals surface area contributed by atoms with Crippen molar-refractivity contribution in [2.45, 2.75) is 17.1 Å². The van der Waals surface area contributed by atoms with Gasteiger partial charge in [0, 0.05) is 17.3 Å². The third-order valence-electron chi connectivity index (χ3n) is 2.38. The second-order valence-electron chi connectivity index (χ2n) is 3.72. The van der Waals surface area contributed by atoms with Crippen LogP contribution in [0.1, 0.15) is 5.69 Å². The highest BCUT2D eigenvalue weighted by Crippen LogP contribution is 2.32. The van der Waals surface area contributed by atoms with E-state index in [9.17, 15) is 0 Å². The van der Waals surface area contributed by atoms with E-state index in [2.05, 4.69) is 25.4 Å². The van der Waals surface area contributed by atoms with Crippen molar-refractivity contribution >= 4 is 39.3 Å². The summed E-state index contributed by atoms with van der Waals surface area (Å²) in [6.45, 7) is 1.93. The second kappa shape index (κ2) is 5.08. The van der Waals surface area contributed by atoms with Gasteiger partial charge in [0.1, 0.15) is 9.86 Å². The van der Waals surface area contributed by atoms with Crippen molar-refractivity contribution in [1.29, 1.82) is 0 Å². The maximum absolute atomic E-state index is 5.39. The summed E-state index contributed by atoms with van der Waals surface area (Å²) >= 11 is 2.95. The number of hydrogen-bond donors (Lipinski definition) is 2. The molecule has 6 nitrogen and oxygen atoms in total. The van der Waals surface area contributed by atoms with Crippen LogP contribution in [0, 0.1) is 6.92 Å². The Hall–Kier alpha value is -1.77. The Kier molecular flexibility index (Phi) is 3.28. The molecule has 8 heteroatoms. The average molecular weight is 290 g/mol. The summed E-state index contributed by atoms with van der Waals surface area (Å²) in [6, 6.07) is 3.84. The lowest BCUT2D eigenvalue weighted by Crippen LogP contribution is -2.10. The summed E-state index contributed by atoms with van der Waals surface area (Å²) in [7, 11) is 0. The van der Waals surface area contributed by atoms with Crippen LogP contribution in [0.3, 0.4) is 0 Å². The predicted molar refractivity (Wildman–Crippen MR) is 76.1 cm³/mol. The van der Waals surface area contributed by atoms with Crippen molar-refractivity contribution < 1.29 is 0 Å². The number of nitrogens with one attached hydrogen (secondary N) is 1. The van der Waals surface area contributed by atoms with Crippen LogP contribution >= 0.6 is 23.1 Å². The molecule has 0 fully saturated rings. The van der Waals surface area contributed by atoms with Crippen molar-refractivity contribution in [3.05, 3.63) is 29.4 Å². The number of nitrogen functional groups attached to an aromatic ring is 1. The van der Waals surface area contributed by atoms with Gasteiger partial charge in [-0.2, -0.15) is 0 Å². The number of hydrogen-bond acceptors (Lipinski definition) is 8. The van der Waals surface area contributed by atoms with E-state index >= 15 is 0 Å². The summed E-state index contributed by atoms with van der Waals surface area (Å²) in [5.74, 6) is 5.78. The number of thiophene rings is 1. The molecule has 0 bridgehead atoms. The first-order chi connectivity index (χ1) is 9.26. The molecule has 0 aromatic carbocycles. The maximum Gasteiger partial charge on any atom is 0.239 e. The summed E-state index contributed by atoms with van der Waals surface area (Å²) in [5.41, 5.74) is 3.40. The average Bonchev–Trinajstić information content (AvgIpc) is 2.87. The Bertz CT molecular complexity index is 726. The van der Waals surface area contributed by atoms with Crippen molar-refractivity contribution in [3.63, 3.8) is 0 Å². The quantitative estimate of drug-likeness (QED) is 0.331. The van der Waals surface area contributed by atoms with Crippen LogP contribution in [-0.2, 0) is 0 Å². The molecule has 0 spiro atoms. The van der Waals surface area contributed by atoms with Crippen LogP contribution in [0.4, 0.5) is 5.95 Å². The fourth-order valence-corrected chi connectivity index (χ4v) is 3.24. The molecule has 0 aliphatic carbocycles. The van der Waals surface area contributed by atoms with E-state index in [0.29, 0.717) is 11.1 Å². The number of aromatic nitrogens is 4. The van der Waals surface area contributed by atoms with Gasteiger partial charge in [-0.25, -0.2) is 25.8 Å². The van der Waals surface area contributed by atoms with E-state index < -0.39 is 0 Å².